The summed E-state index contributed by atoms with van der Waals surface area (Å²) in [5.41, 5.74) is 1.84. The molecule has 0 aliphatic carbocycles. The van der Waals surface area contributed by atoms with E-state index < -0.39 is 0 Å². The third-order valence-corrected chi connectivity index (χ3v) is 5.98. The van der Waals surface area contributed by atoms with E-state index in [0.717, 1.165) is 14.8 Å². The van der Waals surface area contributed by atoms with Gasteiger partial charge in [-0.15, -0.1) is 11.8 Å². The van der Waals surface area contributed by atoms with Crippen LogP contribution < -0.4 is 14.4 Å². The molecule has 0 saturated carbocycles. The number of amides is 1. The third-order valence-electron chi connectivity index (χ3n) is 3.71. The van der Waals surface area contributed by atoms with Crippen molar-refractivity contribution in [2.75, 3.05) is 24.9 Å². The van der Waals surface area contributed by atoms with Crippen molar-refractivity contribution in [1.82, 2.24) is 0 Å². The van der Waals surface area contributed by atoms with Crippen LogP contribution in [0.25, 0.3) is 0 Å². The molecule has 3 rings (SSSR count). The minimum atomic E-state index is -0.105. The van der Waals surface area contributed by atoms with Gasteiger partial charge in [0.2, 0.25) is 5.91 Å². The Kier molecular flexibility index (Phi) is 5.46. The fraction of sp³-hybridized carbons (Fsp3) is 0.235. The van der Waals surface area contributed by atoms with E-state index in [9.17, 15) is 4.79 Å². The largest absolute Gasteiger partial charge is 0.493 e. The highest BCUT2D eigenvalue weighted by atomic mass is 127. The molecule has 0 N–H and O–H groups in total. The van der Waals surface area contributed by atoms with E-state index in [2.05, 4.69) is 22.6 Å². The van der Waals surface area contributed by atoms with Crippen LogP contribution in [0.1, 0.15) is 10.9 Å². The second-order valence-electron chi connectivity index (χ2n) is 5.14. The zero-order valence-corrected chi connectivity index (χ0v) is 16.8. The molecule has 1 saturated heterocycles. The Hall–Kier alpha value is -1.12. The third kappa shape index (κ3) is 3.32. The summed E-state index contributed by atoms with van der Waals surface area (Å²) < 4.78 is 11.8. The number of carbonyl (C=O) groups excluding carboxylic acids is 1. The van der Waals surface area contributed by atoms with Crippen molar-refractivity contribution in [3.63, 3.8) is 0 Å². The van der Waals surface area contributed by atoms with Gasteiger partial charge in [-0.25, -0.2) is 0 Å². The average molecular weight is 476 g/mol. The van der Waals surface area contributed by atoms with Crippen molar-refractivity contribution in [3.8, 4) is 11.5 Å². The number of benzene rings is 2. The second kappa shape index (κ2) is 7.41. The average Bonchev–Trinajstić information content (AvgIpc) is 2.96. The van der Waals surface area contributed by atoms with E-state index in [1.807, 2.05) is 24.3 Å². The fourth-order valence-corrected chi connectivity index (χ4v) is 4.76. The maximum atomic E-state index is 12.4. The Morgan fingerprint density at radius 2 is 1.92 bits per heavy atom. The molecule has 1 fully saturated rings. The van der Waals surface area contributed by atoms with Crippen LogP contribution in [0.4, 0.5) is 5.69 Å². The first-order valence-electron chi connectivity index (χ1n) is 7.15. The quantitative estimate of drug-likeness (QED) is 0.599. The Morgan fingerprint density at radius 3 is 2.54 bits per heavy atom. The topological polar surface area (TPSA) is 38.8 Å². The second-order valence-corrected chi connectivity index (χ2v) is 7.81. The Morgan fingerprint density at radius 1 is 1.21 bits per heavy atom. The maximum Gasteiger partial charge on any atom is 0.238 e. The molecule has 126 valence electrons. The van der Waals surface area contributed by atoms with Crippen LogP contribution in [0.5, 0.6) is 11.5 Å². The Bertz CT molecular complexity index is 769. The lowest BCUT2D eigenvalue weighted by Gasteiger charge is -2.25. The molecule has 1 aliphatic heterocycles. The SMILES string of the molecule is COc1cc([C@H]2SCC(=O)N2c2ccc(Cl)cc2)cc(I)c1OC. The molecule has 1 aliphatic rings. The van der Waals surface area contributed by atoms with Gasteiger partial charge in [0, 0.05) is 10.7 Å². The van der Waals surface area contributed by atoms with Crippen molar-refractivity contribution in [1.29, 1.82) is 0 Å². The highest BCUT2D eigenvalue weighted by Crippen LogP contribution is 2.45. The number of thioether (sulfide) groups is 1. The molecule has 1 atom stereocenters. The van der Waals surface area contributed by atoms with Crippen LogP contribution in [0.3, 0.4) is 0 Å². The van der Waals surface area contributed by atoms with E-state index in [-0.39, 0.29) is 11.3 Å². The van der Waals surface area contributed by atoms with Crippen molar-refractivity contribution < 1.29 is 14.3 Å². The molecule has 0 radical (unpaired) electrons. The van der Waals surface area contributed by atoms with Gasteiger partial charge in [-0.1, -0.05) is 11.6 Å². The molecule has 1 heterocycles. The van der Waals surface area contributed by atoms with E-state index in [1.165, 1.54) is 0 Å². The van der Waals surface area contributed by atoms with Crippen molar-refractivity contribution in [3.05, 3.63) is 50.6 Å². The molecule has 7 heteroatoms. The highest BCUT2D eigenvalue weighted by Gasteiger charge is 2.35. The molecule has 4 nitrogen and oxygen atoms in total. The molecule has 0 unspecified atom stereocenters. The molecule has 24 heavy (non-hydrogen) atoms. The lowest BCUT2D eigenvalue weighted by atomic mass is 10.1. The summed E-state index contributed by atoms with van der Waals surface area (Å²) in [6, 6.07) is 11.3. The Labute approximate surface area is 163 Å². The fourth-order valence-electron chi connectivity index (χ4n) is 2.63. The summed E-state index contributed by atoms with van der Waals surface area (Å²) in [5, 5.41) is 0.544. The van der Waals surface area contributed by atoms with E-state index in [1.54, 1.807) is 43.0 Å². The number of nitrogens with zero attached hydrogens (tertiary/aromatic N) is 1. The van der Waals surface area contributed by atoms with Gasteiger partial charge in [0.25, 0.3) is 0 Å². The molecule has 2 aromatic rings. The van der Waals surface area contributed by atoms with Gasteiger partial charge in [-0.2, -0.15) is 0 Å². The summed E-state index contributed by atoms with van der Waals surface area (Å²) in [6.07, 6.45) is 0. The molecule has 1 amide bonds. The first-order chi connectivity index (χ1) is 11.5. The zero-order chi connectivity index (χ0) is 17.3. The number of ether oxygens (including phenoxy) is 2. The van der Waals surface area contributed by atoms with Crippen molar-refractivity contribution in [2.45, 2.75) is 5.37 Å². The molecule has 0 spiro atoms. The number of halogens is 2. The standard InChI is InChI=1S/C17H15ClINO3S/c1-22-14-8-10(7-13(19)16(14)23-2)17-20(15(21)9-24-17)12-5-3-11(18)4-6-12/h3-8,17H,9H2,1-2H3/t17-/m1/s1. The van der Waals surface area contributed by atoms with Crippen molar-refractivity contribution >= 4 is 57.5 Å². The van der Waals surface area contributed by atoms with E-state index >= 15 is 0 Å². The number of hydrogen-bond donors (Lipinski definition) is 0. The predicted octanol–water partition coefficient (Wildman–Crippen LogP) is 4.74. The van der Waals surface area contributed by atoms with E-state index in [4.69, 9.17) is 21.1 Å². The molecule has 0 bridgehead atoms. The summed E-state index contributed by atoms with van der Waals surface area (Å²) >= 11 is 9.78. The number of methoxy groups -OCH3 is 2. The Balaban J connectivity index is 2.03. The number of rotatable bonds is 4. The van der Waals surface area contributed by atoms with Gasteiger partial charge in [0.15, 0.2) is 11.5 Å². The lowest BCUT2D eigenvalue weighted by Crippen LogP contribution is -2.27. The van der Waals surface area contributed by atoms with Gasteiger partial charge >= 0.3 is 0 Å². The highest BCUT2D eigenvalue weighted by molar-refractivity contribution is 14.1. The minimum absolute atomic E-state index is 0.0807. The van der Waals surface area contributed by atoms with Crippen LogP contribution in [0.2, 0.25) is 5.02 Å². The smallest absolute Gasteiger partial charge is 0.238 e. The predicted molar refractivity (Wildman–Crippen MR) is 106 cm³/mol. The molecule has 0 aromatic heterocycles. The number of carbonyl (C=O) groups is 1. The summed E-state index contributed by atoms with van der Waals surface area (Å²) in [5.74, 6) is 1.89. The van der Waals surface area contributed by atoms with Crippen LogP contribution >= 0.6 is 46.0 Å². The van der Waals surface area contributed by atoms with Gasteiger partial charge in [0.05, 0.1) is 23.5 Å². The number of anilines is 1. The van der Waals surface area contributed by atoms with Gasteiger partial charge in [-0.3, -0.25) is 9.69 Å². The minimum Gasteiger partial charge on any atom is -0.493 e. The maximum absolute atomic E-state index is 12.4. The van der Waals surface area contributed by atoms with Gasteiger partial charge in [-0.05, 0) is 64.6 Å². The summed E-state index contributed by atoms with van der Waals surface area (Å²) in [6.45, 7) is 0. The molecular formula is C17H15ClINO3S. The van der Waals surface area contributed by atoms with Gasteiger partial charge < -0.3 is 9.47 Å². The van der Waals surface area contributed by atoms with Crippen LogP contribution in [0.15, 0.2) is 36.4 Å². The number of hydrogen-bond acceptors (Lipinski definition) is 4. The molecular weight excluding hydrogens is 461 g/mol. The van der Waals surface area contributed by atoms with Crippen molar-refractivity contribution in [2.24, 2.45) is 0 Å². The monoisotopic (exact) mass is 475 g/mol. The summed E-state index contributed by atoms with van der Waals surface area (Å²) in [7, 11) is 3.23. The normalized spacial score (nSPS) is 17.2. The zero-order valence-electron chi connectivity index (χ0n) is 13.1. The van der Waals surface area contributed by atoms with E-state index in [0.29, 0.717) is 22.3 Å². The molecule has 2 aromatic carbocycles. The van der Waals surface area contributed by atoms with Crippen LogP contribution in [-0.2, 0) is 4.79 Å². The lowest BCUT2D eigenvalue weighted by molar-refractivity contribution is -0.115. The summed E-state index contributed by atoms with van der Waals surface area (Å²) in [4.78, 5) is 14.2. The van der Waals surface area contributed by atoms with Gasteiger partial charge in [0.1, 0.15) is 5.37 Å². The van der Waals surface area contributed by atoms with Crippen LogP contribution in [0, 0.1) is 3.57 Å². The first-order valence-corrected chi connectivity index (χ1v) is 9.66. The first kappa shape index (κ1) is 17.7. The van der Waals surface area contributed by atoms with Crippen LogP contribution in [-0.4, -0.2) is 25.9 Å².